The standard InChI is InChI=1S/C29H30F6N4O4/c30-28(31,32)21-13-20(14-22(15-21)29(33,34)35)18-43-27(42)38-12-8-25(40)39-23(7-11-36-9-4-10-36)26(41)37(17-24(38)39)16-19-5-2-1-3-6-19/h1-3,5-6,13-15,23-24H,4,7-12,16-18H2/t23-,24+/m0/s1. The molecule has 0 bridgehead atoms. The van der Waals surface area contributed by atoms with Crippen molar-refractivity contribution < 1.29 is 45.5 Å². The van der Waals surface area contributed by atoms with Crippen LogP contribution in [0.1, 0.15) is 41.5 Å². The number of amides is 3. The fourth-order valence-electron chi connectivity index (χ4n) is 5.66. The van der Waals surface area contributed by atoms with Crippen molar-refractivity contribution in [1.82, 2.24) is 19.6 Å². The lowest BCUT2D eigenvalue weighted by Crippen LogP contribution is -2.71. The predicted octanol–water partition coefficient (Wildman–Crippen LogP) is 4.73. The Balaban J connectivity index is 1.37. The van der Waals surface area contributed by atoms with Gasteiger partial charge in [-0.2, -0.15) is 26.3 Å². The third-order valence-electron chi connectivity index (χ3n) is 7.98. The minimum absolute atomic E-state index is 0.000125. The number of alkyl halides is 6. The normalized spacial score (nSPS) is 21.5. The number of fused-ring (bicyclic) bond motifs is 1. The first-order chi connectivity index (χ1) is 20.3. The number of hydrogen-bond acceptors (Lipinski definition) is 5. The number of rotatable bonds is 7. The van der Waals surface area contributed by atoms with Gasteiger partial charge in [-0.1, -0.05) is 30.3 Å². The average Bonchev–Trinajstić information content (AvgIpc) is 2.92. The number of hydrogen-bond donors (Lipinski definition) is 0. The van der Waals surface area contributed by atoms with E-state index in [0.717, 1.165) is 25.1 Å². The second-order valence-electron chi connectivity index (χ2n) is 10.9. The summed E-state index contributed by atoms with van der Waals surface area (Å²) in [5, 5.41) is 0. The van der Waals surface area contributed by atoms with Gasteiger partial charge in [0, 0.05) is 26.1 Å². The van der Waals surface area contributed by atoms with Crippen LogP contribution in [0.2, 0.25) is 0 Å². The Morgan fingerprint density at radius 3 is 2.12 bits per heavy atom. The molecule has 0 aromatic heterocycles. The maximum atomic E-state index is 13.7. The van der Waals surface area contributed by atoms with Crippen molar-refractivity contribution >= 4 is 17.9 Å². The molecule has 3 fully saturated rings. The van der Waals surface area contributed by atoms with Gasteiger partial charge in [0.1, 0.15) is 18.8 Å². The van der Waals surface area contributed by atoms with Crippen molar-refractivity contribution in [3.63, 3.8) is 0 Å². The highest BCUT2D eigenvalue weighted by molar-refractivity contribution is 5.90. The van der Waals surface area contributed by atoms with E-state index in [0.29, 0.717) is 25.1 Å². The topological polar surface area (TPSA) is 73.4 Å². The molecule has 0 aliphatic carbocycles. The Bertz CT molecular complexity index is 1320. The molecule has 232 valence electrons. The first kappa shape index (κ1) is 30.6. The van der Waals surface area contributed by atoms with Crippen LogP contribution in [0.3, 0.4) is 0 Å². The number of halogens is 6. The fraction of sp³-hybridized carbons (Fsp3) is 0.483. The summed E-state index contributed by atoms with van der Waals surface area (Å²) < 4.78 is 85.0. The van der Waals surface area contributed by atoms with Gasteiger partial charge < -0.3 is 19.4 Å². The number of carbonyl (C=O) groups is 3. The second-order valence-corrected chi connectivity index (χ2v) is 10.9. The monoisotopic (exact) mass is 612 g/mol. The van der Waals surface area contributed by atoms with Gasteiger partial charge in [-0.25, -0.2) is 4.79 Å². The van der Waals surface area contributed by atoms with Crippen LogP contribution in [0.25, 0.3) is 0 Å². The second kappa shape index (κ2) is 12.1. The number of nitrogens with zero attached hydrogens (tertiary/aromatic N) is 4. The van der Waals surface area contributed by atoms with Crippen LogP contribution in [0.5, 0.6) is 0 Å². The molecule has 5 rings (SSSR count). The Morgan fingerprint density at radius 2 is 1.53 bits per heavy atom. The van der Waals surface area contributed by atoms with Gasteiger partial charge in [0.25, 0.3) is 0 Å². The zero-order chi connectivity index (χ0) is 30.9. The fourth-order valence-corrected chi connectivity index (χ4v) is 5.66. The van der Waals surface area contributed by atoms with Gasteiger partial charge in [0.15, 0.2) is 0 Å². The quantitative estimate of drug-likeness (QED) is 0.423. The lowest BCUT2D eigenvalue weighted by atomic mass is 10.00. The summed E-state index contributed by atoms with van der Waals surface area (Å²) in [6.45, 7) is 1.61. The van der Waals surface area contributed by atoms with E-state index >= 15 is 0 Å². The molecule has 2 aromatic carbocycles. The Kier molecular flexibility index (Phi) is 8.59. The van der Waals surface area contributed by atoms with Crippen LogP contribution in [0, 0.1) is 0 Å². The molecule has 0 radical (unpaired) electrons. The molecule has 0 unspecified atom stereocenters. The minimum Gasteiger partial charge on any atom is -0.444 e. The van der Waals surface area contributed by atoms with E-state index in [9.17, 15) is 40.7 Å². The summed E-state index contributed by atoms with van der Waals surface area (Å²) in [7, 11) is 0. The molecule has 3 amide bonds. The van der Waals surface area contributed by atoms with E-state index in [1.54, 1.807) is 4.90 Å². The van der Waals surface area contributed by atoms with Gasteiger partial charge >= 0.3 is 18.4 Å². The molecule has 2 aromatic rings. The lowest BCUT2D eigenvalue weighted by Gasteiger charge is -2.52. The van der Waals surface area contributed by atoms with Gasteiger partial charge in [-0.3, -0.25) is 14.5 Å². The zero-order valence-electron chi connectivity index (χ0n) is 23.0. The average molecular weight is 613 g/mol. The third-order valence-corrected chi connectivity index (χ3v) is 7.98. The number of piperazine rings is 1. The SMILES string of the molecule is O=C1[C@H](CCN2CCC2)N2C(=O)CCN(C(=O)OCc3cc(C(F)(F)F)cc(C(F)(F)F)c3)[C@H]2CN1Cc1ccccc1. The molecular formula is C29H30F6N4O4. The van der Waals surface area contributed by atoms with Crippen molar-refractivity contribution in [2.24, 2.45) is 0 Å². The van der Waals surface area contributed by atoms with E-state index in [1.807, 2.05) is 30.3 Å². The van der Waals surface area contributed by atoms with Crippen molar-refractivity contribution in [2.75, 3.05) is 32.7 Å². The Labute approximate surface area is 243 Å². The van der Waals surface area contributed by atoms with Crippen molar-refractivity contribution in [1.29, 1.82) is 0 Å². The largest absolute Gasteiger partial charge is 0.444 e. The maximum absolute atomic E-state index is 13.7. The highest BCUT2D eigenvalue weighted by Gasteiger charge is 2.49. The van der Waals surface area contributed by atoms with E-state index in [2.05, 4.69) is 4.90 Å². The van der Waals surface area contributed by atoms with E-state index < -0.39 is 54.0 Å². The molecule has 0 saturated carbocycles. The summed E-state index contributed by atoms with van der Waals surface area (Å²) in [5.74, 6) is -0.573. The lowest BCUT2D eigenvalue weighted by molar-refractivity contribution is -0.169. The van der Waals surface area contributed by atoms with Gasteiger partial charge in [0.2, 0.25) is 11.8 Å². The maximum Gasteiger partial charge on any atom is 0.416 e. The third kappa shape index (κ3) is 6.89. The number of benzene rings is 2. The van der Waals surface area contributed by atoms with E-state index in [-0.39, 0.29) is 43.9 Å². The first-order valence-corrected chi connectivity index (χ1v) is 13.9. The van der Waals surface area contributed by atoms with Gasteiger partial charge in [-0.05, 0) is 55.3 Å². The van der Waals surface area contributed by atoms with Crippen LogP contribution < -0.4 is 0 Å². The van der Waals surface area contributed by atoms with Crippen LogP contribution in [0.4, 0.5) is 31.1 Å². The summed E-state index contributed by atoms with van der Waals surface area (Å²) in [4.78, 5) is 46.4. The number of ether oxygens (including phenoxy) is 1. The highest BCUT2D eigenvalue weighted by atomic mass is 19.4. The molecule has 0 spiro atoms. The van der Waals surface area contributed by atoms with Gasteiger partial charge in [0.05, 0.1) is 17.7 Å². The smallest absolute Gasteiger partial charge is 0.416 e. The molecule has 8 nitrogen and oxygen atoms in total. The Morgan fingerprint density at radius 1 is 0.884 bits per heavy atom. The predicted molar refractivity (Wildman–Crippen MR) is 140 cm³/mol. The molecule has 2 atom stereocenters. The number of likely N-dealkylation sites (tertiary alicyclic amines) is 1. The molecule has 3 aliphatic rings. The van der Waals surface area contributed by atoms with Crippen molar-refractivity contribution in [2.45, 2.75) is 57.0 Å². The van der Waals surface area contributed by atoms with Crippen LogP contribution in [-0.4, -0.2) is 82.4 Å². The summed E-state index contributed by atoms with van der Waals surface area (Å²) in [6, 6.07) is 9.32. The van der Waals surface area contributed by atoms with Crippen molar-refractivity contribution in [3.8, 4) is 0 Å². The summed E-state index contributed by atoms with van der Waals surface area (Å²) in [5.41, 5.74) is -2.68. The van der Waals surface area contributed by atoms with Crippen LogP contribution in [0.15, 0.2) is 48.5 Å². The zero-order valence-corrected chi connectivity index (χ0v) is 23.0. The molecule has 3 saturated heterocycles. The molecule has 14 heteroatoms. The first-order valence-electron chi connectivity index (χ1n) is 13.9. The highest BCUT2D eigenvalue weighted by Crippen LogP contribution is 2.37. The van der Waals surface area contributed by atoms with Crippen LogP contribution >= 0.6 is 0 Å². The van der Waals surface area contributed by atoms with E-state index in [1.165, 1.54) is 9.80 Å². The Hall–Kier alpha value is -3.81. The molecular weight excluding hydrogens is 582 g/mol. The van der Waals surface area contributed by atoms with Crippen LogP contribution in [-0.2, 0) is 39.8 Å². The minimum atomic E-state index is -5.05. The molecule has 3 heterocycles. The summed E-state index contributed by atoms with van der Waals surface area (Å²) >= 11 is 0. The summed E-state index contributed by atoms with van der Waals surface area (Å²) in [6.07, 6.45) is -10.7. The molecule has 0 N–H and O–H groups in total. The molecule has 43 heavy (non-hydrogen) atoms. The van der Waals surface area contributed by atoms with E-state index in [4.69, 9.17) is 4.74 Å². The number of carbonyl (C=O) groups excluding carboxylic acids is 3. The van der Waals surface area contributed by atoms with Crippen molar-refractivity contribution in [3.05, 3.63) is 70.8 Å². The van der Waals surface area contributed by atoms with Gasteiger partial charge in [-0.15, -0.1) is 0 Å². The molecule has 3 aliphatic heterocycles.